The predicted octanol–water partition coefficient (Wildman–Crippen LogP) is 8.21. The van der Waals surface area contributed by atoms with Crippen LogP contribution in [0.25, 0.3) is 34.3 Å². The highest BCUT2D eigenvalue weighted by atomic mass is 32.2. The fourth-order valence-corrected chi connectivity index (χ4v) is 5.50. The molecule has 0 atom stereocenters. The lowest BCUT2D eigenvalue weighted by atomic mass is 10.1. The van der Waals surface area contributed by atoms with Crippen LogP contribution in [0, 0.1) is 6.92 Å². The minimum atomic E-state index is -0.0814. The van der Waals surface area contributed by atoms with Crippen LogP contribution in [0.3, 0.4) is 0 Å². The van der Waals surface area contributed by atoms with Gasteiger partial charge in [0.25, 0.3) is 5.91 Å². The molecule has 4 heteroatoms. The molecule has 174 valence electrons. The summed E-state index contributed by atoms with van der Waals surface area (Å²) < 4.78 is 2.30. The maximum absolute atomic E-state index is 13.1. The second-order valence-corrected chi connectivity index (χ2v) is 9.88. The Hall–Kier alpha value is -4.28. The number of nitrogens with one attached hydrogen (secondary N) is 1. The van der Waals surface area contributed by atoms with Crippen molar-refractivity contribution in [3.05, 3.63) is 131 Å². The van der Waals surface area contributed by atoms with Gasteiger partial charge in [-0.15, -0.1) is 0 Å². The van der Waals surface area contributed by atoms with Gasteiger partial charge in [-0.3, -0.25) is 4.79 Å². The Morgan fingerprint density at radius 1 is 0.750 bits per heavy atom. The van der Waals surface area contributed by atoms with Crippen LogP contribution in [0.5, 0.6) is 0 Å². The Morgan fingerprint density at radius 2 is 1.39 bits per heavy atom. The Bertz CT molecular complexity index is 1580. The van der Waals surface area contributed by atoms with Crippen molar-refractivity contribution in [3.8, 4) is 28.2 Å². The molecule has 4 aromatic carbocycles. The van der Waals surface area contributed by atoms with Crippen LogP contribution in [-0.4, -0.2) is 10.5 Å². The number of carbonyl (C=O) groups is 1. The molecule has 36 heavy (non-hydrogen) atoms. The van der Waals surface area contributed by atoms with Crippen molar-refractivity contribution in [2.75, 3.05) is 5.32 Å². The van der Waals surface area contributed by atoms with Crippen LogP contribution in [-0.2, 0) is 4.79 Å². The fourth-order valence-electron chi connectivity index (χ4n) is 4.56. The molecule has 3 nitrogen and oxygen atoms in total. The average molecular weight is 485 g/mol. The maximum Gasteiger partial charge on any atom is 0.262 e. The van der Waals surface area contributed by atoms with Crippen LogP contribution in [0.15, 0.2) is 125 Å². The fraction of sp³-hybridized carbons (Fsp3) is 0.0312. The van der Waals surface area contributed by atoms with E-state index in [4.69, 9.17) is 0 Å². The summed E-state index contributed by atoms with van der Waals surface area (Å²) in [5.74, 6) is -0.0814. The number of aromatic nitrogens is 1. The molecule has 6 rings (SSSR count). The molecular formula is C32H24N2OS. The highest BCUT2D eigenvalue weighted by molar-refractivity contribution is 8.04. The summed E-state index contributed by atoms with van der Waals surface area (Å²) in [6.07, 6.45) is 2.02. The van der Waals surface area contributed by atoms with Gasteiger partial charge in [-0.1, -0.05) is 102 Å². The number of nitrogens with zero attached hydrogens (tertiary/aromatic N) is 1. The third kappa shape index (κ3) is 4.16. The van der Waals surface area contributed by atoms with E-state index in [-0.39, 0.29) is 5.91 Å². The number of aryl methyl sites for hydroxylation is 1. The number of hydrogen-bond donors (Lipinski definition) is 1. The average Bonchev–Trinajstić information content (AvgIpc) is 3.29. The zero-order valence-corrected chi connectivity index (χ0v) is 20.6. The number of thioether (sulfide) groups is 1. The molecule has 2 heterocycles. The number of anilines is 1. The Labute approximate surface area is 215 Å². The third-order valence-corrected chi connectivity index (χ3v) is 7.40. The van der Waals surface area contributed by atoms with Gasteiger partial charge in [-0.05, 0) is 54.5 Å². The first-order chi connectivity index (χ1) is 17.7. The van der Waals surface area contributed by atoms with E-state index in [9.17, 15) is 4.79 Å². The molecule has 0 bridgehead atoms. The number of fused-ring (bicyclic) bond motifs is 1. The second kappa shape index (κ2) is 9.40. The molecular weight excluding hydrogens is 460 g/mol. The first kappa shape index (κ1) is 22.2. The zero-order chi connectivity index (χ0) is 24.5. The van der Waals surface area contributed by atoms with Gasteiger partial charge in [0.2, 0.25) is 0 Å². The maximum atomic E-state index is 13.1. The van der Waals surface area contributed by atoms with Gasteiger partial charge in [0.15, 0.2) is 0 Å². The number of carbonyl (C=O) groups excluding carboxylic acids is 1. The third-order valence-electron chi connectivity index (χ3n) is 6.30. The number of benzene rings is 4. The van der Waals surface area contributed by atoms with Crippen molar-refractivity contribution in [2.45, 2.75) is 11.8 Å². The van der Waals surface area contributed by atoms with Gasteiger partial charge in [-0.25, -0.2) is 0 Å². The van der Waals surface area contributed by atoms with Crippen LogP contribution >= 0.6 is 11.8 Å². The summed E-state index contributed by atoms with van der Waals surface area (Å²) in [5.41, 5.74) is 8.48. The summed E-state index contributed by atoms with van der Waals surface area (Å²) in [7, 11) is 0. The molecule has 1 amide bonds. The molecule has 1 aliphatic heterocycles. The lowest BCUT2D eigenvalue weighted by molar-refractivity contribution is -0.112. The van der Waals surface area contributed by atoms with E-state index in [1.54, 1.807) is 0 Å². The standard InChI is InChI=1S/C32H24N2OS/c1-22-16-18-26(19-17-22)34-28(23-10-4-2-5-11-23)20-25(31(34)24-12-6-3-7-13-24)21-30-32(35)33-27-14-8-9-15-29(27)36-30/h2-21H,1H3,(H,33,35)/b30-21-. The van der Waals surface area contributed by atoms with Crippen LogP contribution in [0.4, 0.5) is 5.69 Å². The monoisotopic (exact) mass is 484 g/mol. The van der Waals surface area contributed by atoms with E-state index in [0.717, 1.165) is 44.3 Å². The summed E-state index contributed by atoms with van der Waals surface area (Å²) in [6, 6.07) is 39.5. The molecule has 0 saturated heterocycles. The molecule has 0 fully saturated rings. The van der Waals surface area contributed by atoms with E-state index in [1.165, 1.54) is 17.3 Å². The normalized spacial score (nSPS) is 13.9. The molecule has 0 aliphatic carbocycles. The lowest BCUT2D eigenvalue weighted by Crippen LogP contribution is -2.17. The van der Waals surface area contributed by atoms with E-state index in [2.05, 4.69) is 95.7 Å². The Balaban J connectivity index is 1.61. The predicted molar refractivity (Wildman–Crippen MR) is 150 cm³/mol. The topological polar surface area (TPSA) is 34.0 Å². The van der Waals surface area contributed by atoms with Crippen LogP contribution < -0.4 is 5.32 Å². The summed E-state index contributed by atoms with van der Waals surface area (Å²) in [4.78, 5) is 14.8. The highest BCUT2D eigenvalue weighted by Crippen LogP contribution is 2.42. The molecule has 1 aromatic heterocycles. The van der Waals surface area contributed by atoms with Crippen molar-refractivity contribution in [2.24, 2.45) is 0 Å². The zero-order valence-electron chi connectivity index (χ0n) is 19.8. The number of amides is 1. The Kier molecular flexibility index (Phi) is 5.80. The van der Waals surface area contributed by atoms with Gasteiger partial charge in [-0.2, -0.15) is 0 Å². The van der Waals surface area contributed by atoms with Crippen molar-refractivity contribution < 1.29 is 4.79 Å². The number of rotatable bonds is 4. The Morgan fingerprint density at radius 3 is 2.11 bits per heavy atom. The minimum Gasteiger partial charge on any atom is -0.320 e. The van der Waals surface area contributed by atoms with Gasteiger partial charge in [0, 0.05) is 16.1 Å². The number of para-hydroxylation sites is 1. The molecule has 0 radical (unpaired) electrons. The molecule has 1 N–H and O–H groups in total. The van der Waals surface area contributed by atoms with Crippen molar-refractivity contribution in [1.82, 2.24) is 4.57 Å². The quantitative estimate of drug-likeness (QED) is 0.261. The molecule has 0 unspecified atom stereocenters. The molecule has 1 aliphatic rings. The van der Waals surface area contributed by atoms with Crippen molar-refractivity contribution in [1.29, 1.82) is 0 Å². The van der Waals surface area contributed by atoms with Gasteiger partial charge in [0.05, 0.1) is 22.0 Å². The van der Waals surface area contributed by atoms with Gasteiger partial charge in [0.1, 0.15) is 0 Å². The van der Waals surface area contributed by atoms with Crippen LogP contribution in [0.1, 0.15) is 11.1 Å². The SMILES string of the molecule is Cc1ccc(-n2c(-c3ccccc3)cc(/C=C3\Sc4ccccc4NC3=O)c2-c2ccccc2)cc1. The first-order valence-corrected chi connectivity index (χ1v) is 12.7. The number of hydrogen-bond acceptors (Lipinski definition) is 2. The lowest BCUT2D eigenvalue weighted by Gasteiger charge is -2.18. The second-order valence-electron chi connectivity index (χ2n) is 8.80. The summed E-state index contributed by atoms with van der Waals surface area (Å²) in [6.45, 7) is 2.10. The van der Waals surface area contributed by atoms with E-state index in [0.29, 0.717) is 4.91 Å². The first-order valence-electron chi connectivity index (χ1n) is 11.9. The molecule has 0 saturated carbocycles. The van der Waals surface area contributed by atoms with Crippen molar-refractivity contribution in [3.63, 3.8) is 0 Å². The van der Waals surface area contributed by atoms with E-state index >= 15 is 0 Å². The molecule has 0 spiro atoms. The summed E-state index contributed by atoms with van der Waals surface area (Å²) in [5, 5.41) is 3.05. The van der Waals surface area contributed by atoms with Crippen molar-refractivity contribution >= 4 is 29.4 Å². The molecule has 5 aromatic rings. The van der Waals surface area contributed by atoms with E-state index < -0.39 is 0 Å². The largest absolute Gasteiger partial charge is 0.320 e. The minimum absolute atomic E-state index is 0.0814. The van der Waals surface area contributed by atoms with Gasteiger partial charge < -0.3 is 9.88 Å². The highest BCUT2D eigenvalue weighted by Gasteiger charge is 2.24. The summed E-state index contributed by atoms with van der Waals surface area (Å²) >= 11 is 1.51. The van der Waals surface area contributed by atoms with Crippen LogP contribution in [0.2, 0.25) is 0 Å². The van der Waals surface area contributed by atoms with E-state index in [1.807, 2.05) is 42.5 Å². The smallest absolute Gasteiger partial charge is 0.262 e. The van der Waals surface area contributed by atoms with Gasteiger partial charge >= 0.3 is 0 Å².